The minimum atomic E-state index is -0.661. The molecule has 0 amide bonds. The molecule has 1 fully saturated rings. The van der Waals surface area contributed by atoms with E-state index in [0.717, 1.165) is 13.0 Å². The van der Waals surface area contributed by atoms with Crippen LogP contribution in [0.25, 0.3) is 0 Å². The van der Waals surface area contributed by atoms with Crippen LogP contribution < -0.4 is 5.32 Å². The number of ether oxygens (including phenoxy) is 2. The third-order valence-corrected chi connectivity index (χ3v) is 2.01. The quantitative estimate of drug-likeness (QED) is 0.564. The molecule has 0 saturated carbocycles. The van der Waals surface area contributed by atoms with Gasteiger partial charge in [0, 0.05) is 6.61 Å². The molecule has 1 heterocycles. The number of hydrogen-bond donors (Lipinski definition) is 1. The highest BCUT2D eigenvalue weighted by Crippen LogP contribution is 2.10. The van der Waals surface area contributed by atoms with Crippen LogP contribution in [0.4, 0.5) is 0 Å². The van der Waals surface area contributed by atoms with Gasteiger partial charge in [-0.05, 0) is 19.9 Å². The van der Waals surface area contributed by atoms with E-state index in [1.54, 1.807) is 6.92 Å². The van der Waals surface area contributed by atoms with E-state index in [0.29, 0.717) is 13.2 Å². The third kappa shape index (κ3) is 1.95. The van der Waals surface area contributed by atoms with Gasteiger partial charge in [0.2, 0.25) is 0 Å². The lowest BCUT2D eigenvalue weighted by atomic mass is 10.0. The van der Waals surface area contributed by atoms with E-state index < -0.39 is 5.54 Å². The smallest absolute Gasteiger partial charge is 0.328 e. The Morgan fingerprint density at radius 3 is 3.08 bits per heavy atom. The molecule has 1 rings (SSSR count). The van der Waals surface area contributed by atoms with Gasteiger partial charge in [-0.3, -0.25) is 0 Å². The molecule has 12 heavy (non-hydrogen) atoms. The Hall–Kier alpha value is -0.610. The largest absolute Gasteiger partial charge is 0.468 e. The summed E-state index contributed by atoms with van der Waals surface area (Å²) in [7, 11) is 1.39. The molecular formula is C8H15NO3. The van der Waals surface area contributed by atoms with Crippen LogP contribution in [0.1, 0.15) is 13.3 Å². The van der Waals surface area contributed by atoms with Crippen molar-refractivity contribution in [2.45, 2.75) is 18.9 Å². The number of carbonyl (C=O) groups is 1. The first kappa shape index (κ1) is 9.48. The molecule has 0 aromatic heterocycles. The second-order valence-corrected chi connectivity index (χ2v) is 3.16. The lowest BCUT2D eigenvalue weighted by Crippen LogP contribution is -2.52. The second-order valence-electron chi connectivity index (χ2n) is 3.16. The van der Waals surface area contributed by atoms with Gasteiger partial charge in [-0.25, -0.2) is 4.79 Å². The fourth-order valence-corrected chi connectivity index (χ4v) is 1.22. The molecule has 0 bridgehead atoms. The van der Waals surface area contributed by atoms with Gasteiger partial charge in [0.1, 0.15) is 5.54 Å². The van der Waals surface area contributed by atoms with Crippen LogP contribution in [0.2, 0.25) is 0 Å². The molecule has 1 aliphatic heterocycles. The van der Waals surface area contributed by atoms with Crippen LogP contribution in [-0.2, 0) is 14.3 Å². The first-order valence-corrected chi connectivity index (χ1v) is 4.10. The summed E-state index contributed by atoms with van der Waals surface area (Å²) in [6.07, 6.45) is 0.937. The number of rotatable bonds is 1. The number of methoxy groups -OCH3 is 1. The predicted molar refractivity (Wildman–Crippen MR) is 43.9 cm³/mol. The van der Waals surface area contributed by atoms with Crippen molar-refractivity contribution < 1.29 is 14.3 Å². The molecule has 0 radical (unpaired) electrons. The normalized spacial score (nSPS) is 30.8. The average Bonchev–Trinajstić information content (AvgIpc) is 2.29. The first-order chi connectivity index (χ1) is 5.69. The highest BCUT2D eigenvalue weighted by molar-refractivity contribution is 5.80. The minimum absolute atomic E-state index is 0.260. The highest BCUT2D eigenvalue weighted by atomic mass is 16.5. The van der Waals surface area contributed by atoms with Crippen molar-refractivity contribution >= 4 is 5.97 Å². The lowest BCUT2D eigenvalue weighted by Gasteiger charge is -2.24. The number of esters is 1. The zero-order valence-electron chi connectivity index (χ0n) is 7.55. The lowest BCUT2D eigenvalue weighted by molar-refractivity contribution is -0.149. The zero-order valence-corrected chi connectivity index (χ0v) is 7.55. The standard InChI is InChI=1S/C8H15NO3/c1-8(7(10)11-2)6-12-5-3-4-9-8/h9H,3-6H2,1-2H3. The van der Waals surface area contributed by atoms with Crippen molar-refractivity contribution in [1.29, 1.82) is 0 Å². The van der Waals surface area contributed by atoms with Gasteiger partial charge in [0.15, 0.2) is 0 Å². The monoisotopic (exact) mass is 173 g/mol. The summed E-state index contributed by atoms with van der Waals surface area (Å²) >= 11 is 0. The molecule has 1 atom stereocenters. The van der Waals surface area contributed by atoms with Gasteiger partial charge < -0.3 is 14.8 Å². The van der Waals surface area contributed by atoms with Gasteiger partial charge in [0.05, 0.1) is 13.7 Å². The molecule has 0 spiro atoms. The van der Waals surface area contributed by atoms with Gasteiger partial charge in [0.25, 0.3) is 0 Å². The SMILES string of the molecule is COC(=O)C1(C)COCCCN1. The Labute approximate surface area is 72.2 Å². The number of nitrogens with one attached hydrogen (secondary N) is 1. The van der Waals surface area contributed by atoms with E-state index in [2.05, 4.69) is 10.1 Å². The molecule has 70 valence electrons. The Bertz CT molecular complexity index is 162. The molecule has 0 aromatic carbocycles. The maximum atomic E-state index is 11.3. The predicted octanol–water partition coefficient (Wildman–Crippen LogP) is -0.0720. The van der Waals surface area contributed by atoms with Crippen LogP contribution in [0.3, 0.4) is 0 Å². The fourth-order valence-electron chi connectivity index (χ4n) is 1.22. The van der Waals surface area contributed by atoms with Crippen LogP contribution in [0.15, 0.2) is 0 Å². The van der Waals surface area contributed by atoms with Gasteiger partial charge in [-0.2, -0.15) is 0 Å². The molecule has 1 N–H and O–H groups in total. The van der Waals surface area contributed by atoms with Gasteiger partial charge in [-0.15, -0.1) is 0 Å². The van der Waals surface area contributed by atoms with Crippen LogP contribution >= 0.6 is 0 Å². The molecule has 1 unspecified atom stereocenters. The van der Waals surface area contributed by atoms with E-state index in [1.165, 1.54) is 7.11 Å². The summed E-state index contributed by atoms with van der Waals surface area (Å²) in [5.74, 6) is -0.260. The molecule has 0 aliphatic carbocycles. The van der Waals surface area contributed by atoms with Crippen LogP contribution in [0.5, 0.6) is 0 Å². The van der Waals surface area contributed by atoms with E-state index in [-0.39, 0.29) is 5.97 Å². The van der Waals surface area contributed by atoms with Crippen molar-refractivity contribution in [2.75, 3.05) is 26.9 Å². The molecule has 0 aromatic rings. The van der Waals surface area contributed by atoms with Gasteiger partial charge >= 0.3 is 5.97 Å². The van der Waals surface area contributed by atoms with E-state index in [4.69, 9.17) is 4.74 Å². The minimum Gasteiger partial charge on any atom is -0.468 e. The maximum Gasteiger partial charge on any atom is 0.328 e. The second kappa shape index (κ2) is 3.87. The first-order valence-electron chi connectivity index (χ1n) is 4.10. The van der Waals surface area contributed by atoms with Crippen molar-refractivity contribution in [2.24, 2.45) is 0 Å². The summed E-state index contributed by atoms with van der Waals surface area (Å²) in [5.41, 5.74) is -0.661. The highest BCUT2D eigenvalue weighted by Gasteiger charge is 2.35. The van der Waals surface area contributed by atoms with Gasteiger partial charge in [-0.1, -0.05) is 0 Å². The number of carbonyl (C=O) groups excluding carboxylic acids is 1. The van der Waals surface area contributed by atoms with Crippen molar-refractivity contribution in [3.8, 4) is 0 Å². The topological polar surface area (TPSA) is 47.6 Å². The summed E-state index contributed by atoms with van der Waals surface area (Å²) < 4.78 is 9.94. The van der Waals surface area contributed by atoms with Crippen LogP contribution in [0, 0.1) is 0 Å². The zero-order chi connectivity index (χ0) is 9.03. The Morgan fingerprint density at radius 2 is 2.42 bits per heavy atom. The third-order valence-electron chi connectivity index (χ3n) is 2.01. The number of hydrogen-bond acceptors (Lipinski definition) is 4. The fraction of sp³-hybridized carbons (Fsp3) is 0.875. The van der Waals surface area contributed by atoms with Crippen molar-refractivity contribution in [1.82, 2.24) is 5.32 Å². The Kier molecular flexibility index (Phi) is 3.05. The molecular weight excluding hydrogens is 158 g/mol. The van der Waals surface area contributed by atoms with Crippen LogP contribution in [-0.4, -0.2) is 38.4 Å². The van der Waals surface area contributed by atoms with E-state index in [9.17, 15) is 4.79 Å². The average molecular weight is 173 g/mol. The summed E-state index contributed by atoms with van der Waals surface area (Å²) in [5, 5.41) is 3.11. The summed E-state index contributed by atoms with van der Waals surface area (Å²) in [4.78, 5) is 11.3. The molecule has 1 aliphatic rings. The Morgan fingerprint density at radius 1 is 1.67 bits per heavy atom. The van der Waals surface area contributed by atoms with Crippen molar-refractivity contribution in [3.63, 3.8) is 0 Å². The molecule has 4 nitrogen and oxygen atoms in total. The van der Waals surface area contributed by atoms with E-state index >= 15 is 0 Å². The Balaban J connectivity index is 2.59. The molecule has 4 heteroatoms. The summed E-state index contributed by atoms with van der Waals surface area (Å²) in [6.45, 7) is 3.69. The molecule has 1 saturated heterocycles. The summed E-state index contributed by atoms with van der Waals surface area (Å²) in [6, 6.07) is 0. The maximum absolute atomic E-state index is 11.3. The van der Waals surface area contributed by atoms with E-state index in [1.807, 2.05) is 0 Å². The van der Waals surface area contributed by atoms with Crippen molar-refractivity contribution in [3.05, 3.63) is 0 Å².